The summed E-state index contributed by atoms with van der Waals surface area (Å²) in [7, 11) is 0. The van der Waals surface area contributed by atoms with Crippen molar-refractivity contribution >= 4 is 17.4 Å². The molecule has 0 saturated carbocycles. The van der Waals surface area contributed by atoms with E-state index in [0.717, 1.165) is 16.8 Å². The van der Waals surface area contributed by atoms with Crippen molar-refractivity contribution in [1.29, 1.82) is 0 Å². The van der Waals surface area contributed by atoms with Gasteiger partial charge >= 0.3 is 0 Å². The summed E-state index contributed by atoms with van der Waals surface area (Å²) in [6, 6.07) is 11.6. The number of carbonyl (C=O) groups is 1. The number of fused-ring (bicyclic) bond motifs is 1. The minimum absolute atomic E-state index is 0.225. The summed E-state index contributed by atoms with van der Waals surface area (Å²) in [5, 5.41) is 6.06. The molecular formula is C21H20N4O3. The molecule has 0 atom stereocenters. The van der Waals surface area contributed by atoms with Crippen LogP contribution in [0.15, 0.2) is 48.8 Å². The average Bonchev–Trinajstić information content (AvgIpc) is 3.18. The van der Waals surface area contributed by atoms with Gasteiger partial charge in [0.15, 0.2) is 11.5 Å². The Balaban J connectivity index is 1.38. The lowest BCUT2D eigenvalue weighted by Gasteiger charge is -2.11. The van der Waals surface area contributed by atoms with Crippen molar-refractivity contribution in [2.75, 3.05) is 12.1 Å². The maximum absolute atomic E-state index is 12.3. The number of aryl methyl sites for hydroxylation is 1. The molecule has 1 aliphatic rings. The topological polar surface area (TPSA) is 85.4 Å². The highest BCUT2D eigenvalue weighted by atomic mass is 16.7. The van der Waals surface area contributed by atoms with Crippen molar-refractivity contribution in [3.8, 4) is 11.5 Å². The largest absolute Gasteiger partial charge is 0.454 e. The number of carbonyl (C=O) groups excluding carboxylic acids is 1. The summed E-state index contributed by atoms with van der Waals surface area (Å²) in [6.07, 6.45) is 3.01. The van der Waals surface area contributed by atoms with Crippen molar-refractivity contribution in [1.82, 2.24) is 15.3 Å². The highest BCUT2D eigenvalue weighted by molar-refractivity contribution is 5.92. The number of hydrogen-bond donors (Lipinski definition) is 2. The summed E-state index contributed by atoms with van der Waals surface area (Å²) in [5.41, 5.74) is 4.48. The lowest BCUT2D eigenvalue weighted by molar-refractivity contribution is 0.0945. The Morgan fingerprint density at radius 3 is 2.75 bits per heavy atom. The number of amides is 1. The van der Waals surface area contributed by atoms with E-state index < -0.39 is 0 Å². The van der Waals surface area contributed by atoms with E-state index in [0.29, 0.717) is 23.9 Å². The number of nitrogens with zero attached hydrogens (tertiary/aromatic N) is 2. The minimum Gasteiger partial charge on any atom is -0.454 e. The van der Waals surface area contributed by atoms with Crippen LogP contribution in [-0.4, -0.2) is 22.7 Å². The van der Waals surface area contributed by atoms with Crippen LogP contribution in [0.25, 0.3) is 0 Å². The van der Waals surface area contributed by atoms with Gasteiger partial charge in [0, 0.05) is 12.2 Å². The van der Waals surface area contributed by atoms with Gasteiger partial charge in [0.05, 0.1) is 12.4 Å². The van der Waals surface area contributed by atoms with Gasteiger partial charge < -0.3 is 20.1 Å². The molecule has 0 saturated heterocycles. The van der Waals surface area contributed by atoms with Crippen LogP contribution in [0.2, 0.25) is 0 Å². The summed E-state index contributed by atoms with van der Waals surface area (Å²) < 4.78 is 10.6. The molecule has 7 nitrogen and oxygen atoms in total. The van der Waals surface area contributed by atoms with Crippen molar-refractivity contribution in [3.05, 3.63) is 71.2 Å². The fourth-order valence-corrected chi connectivity index (χ4v) is 2.86. The van der Waals surface area contributed by atoms with Crippen LogP contribution in [0, 0.1) is 13.8 Å². The molecule has 2 aromatic carbocycles. The van der Waals surface area contributed by atoms with E-state index in [-0.39, 0.29) is 18.4 Å². The summed E-state index contributed by atoms with van der Waals surface area (Å²) >= 11 is 0. The predicted octanol–water partition coefficient (Wildman–Crippen LogP) is 3.50. The SMILES string of the molecule is Cc1cccc(Nc2cnc(C(=O)NCc3ccc4c(c3)OCO4)cn2)c1C. The van der Waals surface area contributed by atoms with Gasteiger partial charge in [-0.3, -0.25) is 4.79 Å². The molecule has 28 heavy (non-hydrogen) atoms. The second-order valence-corrected chi connectivity index (χ2v) is 6.53. The average molecular weight is 376 g/mol. The van der Waals surface area contributed by atoms with Gasteiger partial charge in [0.1, 0.15) is 11.5 Å². The minimum atomic E-state index is -0.288. The standard InChI is InChI=1S/C21H20N4O3/c1-13-4-3-5-16(14(13)2)25-20-11-22-17(10-23-20)21(26)24-9-15-6-7-18-19(8-15)28-12-27-18/h3-8,10-11H,9,12H2,1-2H3,(H,23,25)(H,24,26). The van der Waals surface area contributed by atoms with Crippen LogP contribution in [0.1, 0.15) is 27.2 Å². The first kappa shape index (κ1) is 17.8. The second kappa shape index (κ2) is 7.56. The predicted molar refractivity (Wildman–Crippen MR) is 105 cm³/mol. The smallest absolute Gasteiger partial charge is 0.271 e. The van der Waals surface area contributed by atoms with Gasteiger partial charge in [-0.05, 0) is 48.7 Å². The van der Waals surface area contributed by atoms with Crippen LogP contribution < -0.4 is 20.1 Å². The molecule has 1 aromatic heterocycles. The zero-order chi connectivity index (χ0) is 19.5. The lowest BCUT2D eigenvalue weighted by atomic mass is 10.1. The third kappa shape index (κ3) is 3.73. The molecule has 2 N–H and O–H groups in total. The first-order chi connectivity index (χ1) is 13.6. The Morgan fingerprint density at radius 2 is 1.93 bits per heavy atom. The van der Waals surface area contributed by atoms with E-state index in [1.54, 1.807) is 6.20 Å². The van der Waals surface area contributed by atoms with Crippen LogP contribution >= 0.6 is 0 Å². The van der Waals surface area contributed by atoms with E-state index in [2.05, 4.69) is 33.6 Å². The molecule has 1 amide bonds. The fraction of sp³-hybridized carbons (Fsp3) is 0.190. The van der Waals surface area contributed by atoms with Crippen LogP contribution in [0.4, 0.5) is 11.5 Å². The molecule has 0 fully saturated rings. The third-order valence-electron chi connectivity index (χ3n) is 4.64. The summed E-state index contributed by atoms with van der Waals surface area (Å²) in [5.74, 6) is 1.70. The first-order valence-electron chi connectivity index (χ1n) is 8.92. The maximum Gasteiger partial charge on any atom is 0.271 e. The van der Waals surface area contributed by atoms with Gasteiger partial charge in [0.25, 0.3) is 5.91 Å². The van der Waals surface area contributed by atoms with Gasteiger partial charge in [-0.1, -0.05) is 18.2 Å². The molecule has 4 rings (SSSR count). The molecule has 1 aliphatic heterocycles. The number of rotatable bonds is 5. The van der Waals surface area contributed by atoms with E-state index in [1.807, 2.05) is 37.3 Å². The molecule has 2 heterocycles. The van der Waals surface area contributed by atoms with Crippen LogP contribution in [-0.2, 0) is 6.54 Å². The fourth-order valence-electron chi connectivity index (χ4n) is 2.86. The second-order valence-electron chi connectivity index (χ2n) is 6.53. The third-order valence-corrected chi connectivity index (χ3v) is 4.64. The Morgan fingerprint density at radius 1 is 1.07 bits per heavy atom. The molecule has 0 spiro atoms. The maximum atomic E-state index is 12.3. The van der Waals surface area contributed by atoms with Gasteiger partial charge in [0.2, 0.25) is 6.79 Å². The van der Waals surface area contributed by atoms with E-state index in [1.165, 1.54) is 11.8 Å². The van der Waals surface area contributed by atoms with Crippen molar-refractivity contribution < 1.29 is 14.3 Å². The molecule has 0 radical (unpaired) electrons. The molecule has 3 aromatic rings. The number of benzene rings is 2. The van der Waals surface area contributed by atoms with E-state index in [9.17, 15) is 4.79 Å². The monoisotopic (exact) mass is 376 g/mol. The summed E-state index contributed by atoms with van der Waals surface area (Å²) in [6.45, 7) is 4.69. The molecular weight excluding hydrogens is 356 g/mol. The first-order valence-corrected chi connectivity index (χ1v) is 8.92. The molecule has 0 bridgehead atoms. The zero-order valence-electron chi connectivity index (χ0n) is 15.7. The van der Waals surface area contributed by atoms with E-state index >= 15 is 0 Å². The van der Waals surface area contributed by atoms with E-state index in [4.69, 9.17) is 9.47 Å². The number of aromatic nitrogens is 2. The van der Waals surface area contributed by atoms with Crippen LogP contribution in [0.3, 0.4) is 0 Å². The quantitative estimate of drug-likeness (QED) is 0.709. The van der Waals surface area contributed by atoms with Gasteiger partial charge in [-0.25, -0.2) is 9.97 Å². The Kier molecular flexibility index (Phi) is 4.80. The molecule has 0 unspecified atom stereocenters. The highest BCUT2D eigenvalue weighted by Crippen LogP contribution is 2.32. The Labute approximate surface area is 162 Å². The zero-order valence-corrected chi connectivity index (χ0v) is 15.7. The number of anilines is 2. The van der Waals surface area contributed by atoms with Crippen molar-refractivity contribution in [3.63, 3.8) is 0 Å². The Hall–Kier alpha value is -3.61. The molecule has 0 aliphatic carbocycles. The number of nitrogens with one attached hydrogen (secondary N) is 2. The lowest BCUT2D eigenvalue weighted by Crippen LogP contribution is -2.24. The molecule has 7 heteroatoms. The molecule has 142 valence electrons. The van der Waals surface area contributed by atoms with Crippen molar-refractivity contribution in [2.45, 2.75) is 20.4 Å². The van der Waals surface area contributed by atoms with Gasteiger partial charge in [-0.2, -0.15) is 0 Å². The number of ether oxygens (including phenoxy) is 2. The van der Waals surface area contributed by atoms with Gasteiger partial charge in [-0.15, -0.1) is 0 Å². The van der Waals surface area contributed by atoms with Crippen LogP contribution in [0.5, 0.6) is 11.5 Å². The Bertz CT molecular complexity index is 1020. The van der Waals surface area contributed by atoms with Crippen molar-refractivity contribution in [2.24, 2.45) is 0 Å². The summed E-state index contributed by atoms with van der Waals surface area (Å²) in [4.78, 5) is 20.8. The normalized spacial score (nSPS) is 11.9. The highest BCUT2D eigenvalue weighted by Gasteiger charge is 2.14. The number of hydrogen-bond acceptors (Lipinski definition) is 6.